The average Bonchev–Trinajstić information content (AvgIpc) is 2.95. The van der Waals surface area contributed by atoms with Crippen molar-refractivity contribution >= 4 is 33.7 Å². The van der Waals surface area contributed by atoms with E-state index in [9.17, 15) is 4.79 Å². The summed E-state index contributed by atoms with van der Waals surface area (Å²) in [5.41, 5.74) is 2.16. The van der Waals surface area contributed by atoms with Gasteiger partial charge >= 0.3 is 5.97 Å². The summed E-state index contributed by atoms with van der Waals surface area (Å²) in [5, 5.41) is 0. The van der Waals surface area contributed by atoms with Crippen LogP contribution in [0.5, 0.6) is 11.5 Å². The molecule has 0 aromatic heterocycles. The molecule has 2 aromatic rings. The van der Waals surface area contributed by atoms with Gasteiger partial charge in [0.25, 0.3) is 0 Å². The Morgan fingerprint density at radius 1 is 1.04 bits per heavy atom. The van der Waals surface area contributed by atoms with E-state index in [1.807, 2.05) is 30.3 Å². The number of carbonyl (C=O) groups excluding carboxylic acids is 1. The van der Waals surface area contributed by atoms with Crippen LogP contribution in [-0.2, 0) is 9.53 Å². The van der Waals surface area contributed by atoms with Gasteiger partial charge in [-0.15, -0.1) is 0 Å². The largest absolute Gasteiger partial charge is 0.493 e. The zero-order valence-electron chi connectivity index (χ0n) is 13.2. The normalized spacial score (nSPS) is 15.2. The van der Waals surface area contributed by atoms with Crippen LogP contribution in [0.2, 0.25) is 0 Å². The number of methoxy groups -OCH3 is 2. The van der Waals surface area contributed by atoms with Gasteiger partial charge in [-0.2, -0.15) is 0 Å². The first kappa shape index (κ1) is 16.3. The van der Waals surface area contributed by atoms with Crippen molar-refractivity contribution in [2.45, 2.75) is 0 Å². The van der Waals surface area contributed by atoms with Crippen LogP contribution >= 0.6 is 15.9 Å². The lowest BCUT2D eigenvalue weighted by Gasteiger charge is -2.09. The maximum atomic E-state index is 12.1. The first-order chi connectivity index (χ1) is 11.6. The highest BCUT2D eigenvalue weighted by atomic mass is 79.9. The van der Waals surface area contributed by atoms with E-state index in [0.717, 1.165) is 15.6 Å². The van der Waals surface area contributed by atoms with Crippen LogP contribution in [0, 0.1) is 0 Å². The number of ether oxygens (including phenoxy) is 3. The fourth-order valence-corrected chi connectivity index (χ4v) is 2.81. The molecule has 24 heavy (non-hydrogen) atoms. The molecule has 0 N–H and O–H groups in total. The molecule has 1 aliphatic heterocycles. The quantitative estimate of drug-likeness (QED) is 0.575. The molecule has 122 valence electrons. The second-order valence-electron chi connectivity index (χ2n) is 5.12. The van der Waals surface area contributed by atoms with Crippen molar-refractivity contribution in [2.75, 3.05) is 14.2 Å². The Labute approximate surface area is 148 Å². The van der Waals surface area contributed by atoms with Crippen molar-refractivity contribution < 1.29 is 19.0 Å². The molecular weight excluding hydrogens is 372 g/mol. The Morgan fingerprint density at radius 2 is 1.83 bits per heavy atom. The Kier molecular flexibility index (Phi) is 4.71. The second-order valence-corrected chi connectivity index (χ2v) is 6.04. The van der Waals surface area contributed by atoms with Crippen LogP contribution in [0.25, 0.3) is 11.8 Å². The summed E-state index contributed by atoms with van der Waals surface area (Å²) in [4.78, 5) is 12.1. The highest BCUT2D eigenvalue weighted by molar-refractivity contribution is 9.10. The third-order valence-corrected chi connectivity index (χ3v) is 4.06. The summed E-state index contributed by atoms with van der Waals surface area (Å²) in [6.07, 6.45) is 3.52. The van der Waals surface area contributed by atoms with Gasteiger partial charge in [-0.05, 0) is 48.0 Å². The molecule has 0 radical (unpaired) electrons. The van der Waals surface area contributed by atoms with Crippen LogP contribution in [0.15, 0.2) is 58.6 Å². The maximum Gasteiger partial charge on any atom is 0.343 e. The highest BCUT2D eigenvalue weighted by Crippen LogP contribution is 2.34. The average molecular weight is 387 g/mol. The second kappa shape index (κ2) is 6.93. The number of halogens is 1. The Bertz CT molecular complexity index is 852. The van der Waals surface area contributed by atoms with Gasteiger partial charge in [0.05, 0.1) is 19.8 Å². The topological polar surface area (TPSA) is 44.8 Å². The molecule has 0 atom stereocenters. The zero-order chi connectivity index (χ0) is 17.1. The van der Waals surface area contributed by atoms with Gasteiger partial charge in [-0.3, -0.25) is 0 Å². The molecular formula is C19H15BrO4. The van der Waals surface area contributed by atoms with Gasteiger partial charge in [0.1, 0.15) is 5.76 Å². The van der Waals surface area contributed by atoms with Crippen LogP contribution in [-0.4, -0.2) is 20.2 Å². The number of hydrogen-bond acceptors (Lipinski definition) is 4. The number of rotatable bonds is 4. The van der Waals surface area contributed by atoms with E-state index >= 15 is 0 Å². The lowest BCUT2D eigenvalue weighted by Crippen LogP contribution is -1.98. The minimum Gasteiger partial charge on any atom is -0.493 e. The van der Waals surface area contributed by atoms with Gasteiger partial charge in [0.2, 0.25) is 0 Å². The molecule has 0 fully saturated rings. The Morgan fingerprint density at radius 3 is 2.54 bits per heavy atom. The van der Waals surface area contributed by atoms with Gasteiger partial charge in [0, 0.05) is 10.0 Å². The molecule has 0 bridgehead atoms. The van der Waals surface area contributed by atoms with Crippen LogP contribution in [0.1, 0.15) is 11.1 Å². The summed E-state index contributed by atoms with van der Waals surface area (Å²) in [7, 11) is 3.14. The molecule has 5 heteroatoms. The standard InChI is InChI=1S/C19H15BrO4/c1-22-16-7-6-13(10-18(16)23-2)17-11-14(19(21)24-17)8-12-4-3-5-15(20)9-12/h3-11H,1-2H3. The molecule has 3 rings (SSSR count). The van der Waals surface area contributed by atoms with E-state index in [1.54, 1.807) is 38.5 Å². The summed E-state index contributed by atoms with van der Waals surface area (Å²) in [5.74, 6) is 1.31. The molecule has 1 heterocycles. The van der Waals surface area contributed by atoms with Crippen LogP contribution in [0.4, 0.5) is 0 Å². The van der Waals surface area contributed by atoms with E-state index in [2.05, 4.69) is 15.9 Å². The van der Waals surface area contributed by atoms with Crippen molar-refractivity contribution in [3.8, 4) is 11.5 Å². The third-order valence-electron chi connectivity index (χ3n) is 3.56. The molecule has 4 nitrogen and oxygen atoms in total. The lowest BCUT2D eigenvalue weighted by molar-refractivity contribution is -0.130. The molecule has 0 unspecified atom stereocenters. The molecule has 0 saturated carbocycles. The number of esters is 1. The molecule has 0 amide bonds. The van der Waals surface area contributed by atoms with Crippen molar-refractivity contribution in [3.63, 3.8) is 0 Å². The van der Waals surface area contributed by atoms with Gasteiger partial charge in [0.15, 0.2) is 11.5 Å². The van der Waals surface area contributed by atoms with Crippen molar-refractivity contribution in [3.05, 3.63) is 69.7 Å². The van der Waals surface area contributed by atoms with Crippen LogP contribution in [0.3, 0.4) is 0 Å². The van der Waals surface area contributed by atoms with E-state index in [4.69, 9.17) is 14.2 Å². The first-order valence-corrected chi connectivity index (χ1v) is 8.03. The molecule has 0 saturated heterocycles. The van der Waals surface area contributed by atoms with Crippen molar-refractivity contribution in [1.29, 1.82) is 0 Å². The monoisotopic (exact) mass is 386 g/mol. The van der Waals surface area contributed by atoms with Gasteiger partial charge in [-0.1, -0.05) is 28.1 Å². The zero-order valence-corrected chi connectivity index (χ0v) is 14.8. The van der Waals surface area contributed by atoms with Gasteiger partial charge in [-0.25, -0.2) is 4.79 Å². The summed E-state index contributed by atoms with van der Waals surface area (Å²) < 4.78 is 16.8. The summed E-state index contributed by atoms with van der Waals surface area (Å²) in [6.45, 7) is 0. The van der Waals surface area contributed by atoms with E-state index < -0.39 is 0 Å². The molecule has 2 aromatic carbocycles. The summed E-state index contributed by atoms with van der Waals surface area (Å²) in [6, 6.07) is 13.1. The summed E-state index contributed by atoms with van der Waals surface area (Å²) >= 11 is 3.42. The minimum atomic E-state index is -0.375. The van der Waals surface area contributed by atoms with E-state index in [-0.39, 0.29) is 5.97 Å². The highest BCUT2D eigenvalue weighted by Gasteiger charge is 2.22. The fraction of sp³-hybridized carbons (Fsp3) is 0.105. The third kappa shape index (κ3) is 3.36. The Balaban J connectivity index is 1.94. The van der Waals surface area contributed by atoms with E-state index in [1.165, 1.54) is 0 Å². The smallest absolute Gasteiger partial charge is 0.343 e. The van der Waals surface area contributed by atoms with Gasteiger partial charge < -0.3 is 14.2 Å². The predicted molar refractivity (Wildman–Crippen MR) is 95.7 cm³/mol. The Hall–Kier alpha value is -2.53. The number of hydrogen-bond donors (Lipinski definition) is 0. The first-order valence-electron chi connectivity index (χ1n) is 7.24. The van der Waals surface area contributed by atoms with Crippen molar-refractivity contribution in [1.82, 2.24) is 0 Å². The molecule has 0 aliphatic carbocycles. The van der Waals surface area contributed by atoms with Crippen molar-refractivity contribution in [2.24, 2.45) is 0 Å². The number of benzene rings is 2. The SMILES string of the molecule is COc1ccc(C2=CC(=Cc3cccc(Br)c3)C(=O)O2)cc1OC. The van der Waals surface area contributed by atoms with Crippen LogP contribution < -0.4 is 9.47 Å². The number of carbonyl (C=O) groups is 1. The van der Waals surface area contributed by atoms with E-state index in [0.29, 0.717) is 22.8 Å². The predicted octanol–water partition coefficient (Wildman–Crippen LogP) is 4.45. The minimum absolute atomic E-state index is 0.375. The molecule has 1 aliphatic rings. The fourth-order valence-electron chi connectivity index (χ4n) is 2.40. The lowest BCUT2D eigenvalue weighted by atomic mass is 10.1. The number of cyclic esters (lactones) is 1. The molecule has 0 spiro atoms. The maximum absolute atomic E-state index is 12.1.